The fraction of sp³-hybridized carbons (Fsp3) is 0.861. The Hall–Kier alpha value is -2.89. The van der Waals surface area contributed by atoms with Gasteiger partial charge in [0.05, 0.1) is 13.2 Å². The highest BCUT2D eigenvalue weighted by molar-refractivity contribution is 5.87. The quantitative estimate of drug-likeness (QED) is 0.0566. The molecule has 0 bridgehead atoms. The first-order valence-corrected chi connectivity index (χ1v) is 18.3. The SMILES string of the molecule is CCC(C)C(O)C(=O)OC(C(=O)OC(C(=O)OC(C(=O)OC(C(=O)OC(CO)C(O)C(O)C(O)CO)C(C)CC)C(C)CC)C(C)CC)C(C)CC. The molecule has 16 heteroatoms. The molecule has 14 unspecified atom stereocenters. The molecule has 0 aliphatic heterocycles. The Balaban J connectivity index is 6.32. The van der Waals surface area contributed by atoms with Gasteiger partial charge in [-0.2, -0.15) is 0 Å². The van der Waals surface area contributed by atoms with E-state index in [1.165, 1.54) is 0 Å². The molecule has 0 aromatic heterocycles. The monoisotopic (exact) mass is 752 g/mol. The zero-order chi connectivity index (χ0) is 40.5. The summed E-state index contributed by atoms with van der Waals surface area (Å²) in [6.07, 6.45) is -13.6. The summed E-state index contributed by atoms with van der Waals surface area (Å²) in [4.78, 5) is 66.7. The molecule has 0 radical (unpaired) electrons. The standard InChI is InChI=1S/C36H64O16/c1-11-18(6)25(40)32(43)49-29(20(8)13-3)34(45)51-31(22(10)15-5)36(47)52-30(21(9)14-4)35(46)50-28(19(7)12-2)33(44)48-24(17-38)27(42)26(41)23(39)16-37/h18-31,37-42H,11-17H2,1-10H3. The molecule has 0 aliphatic carbocycles. The van der Waals surface area contributed by atoms with Crippen molar-refractivity contribution in [1.82, 2.24) is 0 Å². The van der Waals surface area contributed by atoms with E-state index in [1.807, 2.05) is 0 Å². The van der Waals surface area contributed by atoms with Gasteiger partial charge >= 0.3 is 29.8 Å². The Morgan fingerprint density at radius 1 is 0.423 bits per heavy atom. The molecule has 52 heavy (non-hydrogen) atoms. The van der Waals surface area contributed by atoms with Crippen LogP contribution in [-0.2, 0) is 47.7 Å². The molecular weight excluding hydrogens is 688 g/mol. The Bertz CT molecular complexity index is 1100. The highest BCUT2D eigenvalue weighted by Gasteiger charge is 2.42. The summed E-state index contributed by atoms with van der Waals surface area (Å²) in [5.74, 6) is -8.48. The van der Waals surface area contributed by atoms with Gasteiger partial charge in [-0.3, -0.25) is 0 Å². The summed E-state index contributed by atoms with van der Waals surface area (Å²) in [6, 6.07) is 0. The molecule has 0 aromatic carbocycles. The molecule has 14 atom stereocenters. The zero-order valence-corrected chi connectivity index (χ0v) is 32.3. The van der Waals surface area contributed by atoms with Crippen molar-refractivity contribution in [3.8, 4) is 0 Å². The summed E-state index contributed by atoms with van der Waals surface area (Å²) in [6.45, 7) is 14.8. The lowest BCUT2D eigenvalue weighted by Gasteiger charge is -2.31. The van der Waals surface area contributed by atoms with E-state index in [1.54, 1.807) is 69.2 Å². The van der Waals surface area contributed by atoms with E-state index in [0.29, 0.717) is 25.7 Å². The minimum Gasteiger partial charge on any atom is -0.454 e. The van der Waals surface area contributed by atoms with Crippen LogP contribution >= 0.6 is 0 Å². The molecule has 0 rings (SSSR count). The van der Waals surface area contributed by atoms with Gasteiger partial charge in [-0.05, 0) is 31.6 Å². The first kappa shape index (κ1) is 49.1. The van der Waals surface area contributed by atoms with Crippen LogP contribution in [0.3, 0.4) is 0 Å². The molecule has 0 fully saturated rings. The van der Waals surface area contributed by atoms with Crippen LogP contribution in [0, 0.1) is 29.6 Å². The number of carbonyl (C=O) groups is 5. The highest BCUT2D eigenvalue weighted by Crippen LogP contribution is 2.24. The number of aliphatic hydroxyl groups excluding tert-OH is 6. The summed E-state index contributed by atoms with van der Waals surface area (Å²) >= 11 is 0. The second-order valence-electron chi connectivity index (χ2n) is 13.7. The molecule has 0 saturated heterocycles. The Labute approximate surface area is 307 Å². The van der Waals surface area contributed by atoms with Gasteiger partial charge in [-0.15, -0.1) is 0 Å². The van der Waals surface area contributed by atoms with Crippen molar-refractivity contribution in [2.24, 2.45) is 29.6 Å². The molecule has 0 heterocycles. The van der Waals surface area contributed by atoms with Crippen molar-refractivity contribution in [2.75, 3.05) is 13.2 Å². The van der Waals surface area contributed by atoms with Gasteiger partial charge in [0.15, 0.2) is 12.2 Å². The van der Waals surface area contributed by atoms with Crippen LogP contribution in [0.5, 0.6) is 0 Å². The number of esters is 5. The maximum absolute atomic E-state index is 13.7. The number of hydrogen-bond donors (Lipinski definition) is 6. The minimum atomic E-state index is -2.02. The summed E-state index contributed by atoms with van der Waals surface area (Å²) in [5.41, 5.74) is 0. The fourth-order valence-electron chi connectivity index (χ4n) is 4.66. The molecule has 0 amide bonds. The van der Waals surface area contributed by atoms with Crippen LogP contribution in [-0.4, -0.2) is 129 Å². The number of ether oxygens (including phenoxy) is 5. The summed E-state index contributed by atoms with van der Waals surface area (Å²) < 4.78 is 27.3. The molecular formula is C36H64O16. The van der Waals surface area contributed by atoms with Gasteiger partial charge in [0.25, 0.3) is 0 Å². The largest absolute Gasteiger partial charge is 0.454 e. The fourth-order valence-corrected chi connectivity index (χ4v) is 4.66. The first-order valence-electron chi connectivity index (χ1n) is 18.3. The third-order valence-corrected chi connectivity index (χ3v) is 9.73. The van der Waals surface area contributed by atoms with Gasteiger partial charge in [0.2, 0.25) is 24.4 Å². The Morgan fingerprint density at radius 3 is 0.981 bits per heavy atom. The van der Waals surface area contributed by atoms with Crippen molar-refractivity contribution in [3.05, 3.63) is 0 Å². The lowest BCUT2D eigenvalue weighted by Crippen LogP contribution is -2.50. The van der Waals surface area contributed by atoms with Gasteiger partial charge in [0, 0.05) is 23.7 Å². The average molecular weight is 753 g/mol. The van der Waals surface area contributed by atoms with Crippen LogP contribution < -0.4 is 0 Å². The first-order chi connectivity index (χ1) is 24.3. The van der Waals surface area contributed by atoms with Gasteiger partial charge < -0.3 is 54.3 Å². The van der Waals surface area contributed by atoms with E-state index in [9.17, 15) is 49.5 Å². The van der Waals surface area contributed by atoms with E-state index >= 15 is 0 Å². The summed E-state index contributed by atoms with van der Waals surface area (Å²) in [5, 5.41) is 59.2. The third-order valence-electron chi connectivity index (χ3n) is 9.73. The Morgan fingerprint density at radius 2 is 0.712 bits per heavy atom. The van der Waals surface area contributed by atoms with Crippen molar-refractivity contribution >= 4 is 29.8 Å². The molecule has 304 valence electrons. The van der Waals surface area contributed by atoms with Crippen LogP contribution in [0.25, 0.3) is 0 Å². The lowest BCUT2D eigenvalue weighted by atomic mass is 9.98. The van der Waals surface area contributed by atoms with Crippen LogP contribution in [0.2, 0.25) is 0 Å². The molecule has 0 aliphatic rings. The Kier molecular flexibility index (Phi) is 23.1. The number of hydrogen-bond acceptors (Lipinski definition) is 16. The van der Waals surface area contributed by atoms with E-state index in [4.69, 9.17) is 28.8 Å². The van der Waals surface area contributed by atoms with Crippen molar-refractivity contribution in [3.63, 3.8) is 0 Å². The third kappa shape index (κ3) is 14.5. The van der Waals surface area contributed by atoms with Crippen LogP contribution in [0.4, 0.5) is 0 Å². The second kappa shape index (κ2) is 24.4. The molecule has 0 saturated carbocycles. The maximum atomic E-state index is 13.7. The van der Waals surface area contributed by atoms with Crippen LogP contribution in [0.1, 0.15) is 101 Å². The summed E-state index contributed by atoms with van der Waals surface area (Å²) in [7, 11) is 0. The van der Waals surface area contributed by atoms with Gasteiger partial charge in [-0.1, -0.05) is 75.7 Å². The second-order valence-corrected chi connectivity index (χ2v) is 13.7. The smallest absolute Gasteiger partial charge is 0.348 e. The van der Waals surface area contributed by atoms with Crippen molar-refractivity contribution < 1.29 is 78.3 Å². The normalized spacial score (nSPS) is 19.8. The average Bonchev–Trinajstić information content (AvgIpc) is 3.15. The predicted octanol–water partition coefficient (Wildman–Crippen LogP) is 1.20. The van der Waals surface area contributed by atoms with Crippen LogP contribution in [0.15, 0.2) is 0 Å². The van der Waals surface area contributed by atoms with E-state index < -0.39 is 128 Å². The van der Waals surface area contributed by atoms with Gasteiger partial charge in [-0.25, -0.2) is 24.0 Å². The van der Waals surface area contributed by atoms with E-state index in [0.717, 1.165) is 0 Å². The predicted molar refractivity (Wildman–Crippen MR) is 185 cm³/mol. The molecule has 0 spiro atoms. The lowest BCUT2D eigenvalue weighted by molar-refractivity contribution is -0.199. The van der Waals surface area contributed by atoms with Gasteiger partial charge in [0.1, 0.15) is 18.3 Å². The van der Waals surface area contributed by atoms with Crippen molar-refractivity contribution in [2.45, 2.75) is 156 Å². The van der Waals surface area contributed by atoms with E-state index in [2.05, 4.69) is 0 Å². The van der Waals surface area contributed by atoms with E-state index in [-0.39, 0.29) is 6.42 Å². The molecule has 0 aromatic rings. The number of rotatable bonds is 25. The molecule has 6 N–H and O–H groups in total. The van der Waals surface area contributed by atoms with Crippen molar-refractivity contribution in [1.29, 1.82) is 0 Å². The minimum absolute atomic E-state index is 0.279. The number of carbonyl (C=O) groups excluding carboxylic acids is 5. The zero-order valence-electron chi connectivity index (χ0n) is 32.3. The maximum Gasteiger partial charge on any atom is 0.348 e. The topological polar surface area (TPSA) is 253 Å². The number of aliphatic hydroxyl groups is 6. The molecule has 16 nitrogen and oxygen atoms in total. The highest BCUT2D eigenvalue weighted by atomic mass is 16.6.